The highest BCUT2D eigenvalue weighted by molar-refractivity contribution is 5.85. The Labute approximate surface area is 92.2 Å². The number of nitrogens with two attached hydrogens (primary N) is 1. The van der Waals surface area contributed by atoms with Gasteiger partial charge in [0.15, 0.2) is 0 Å². The van der Waals surface area contributed by atoms with Crippen molar-refractivity contribution in [3.8, 4) is 0 Å². The summed E-state index contributed by atoms with van der Waals surface area (Å²) in [5.41, 5.74) is 5.10. The van der Waals surface area contributed by atoms with Gasteiger partial charge >= 0.3 is 0 Å². The molecule has 0 aliphatic rings. The molecule has 15 heavy (non-hydrogen) atoms. The largest absolute Gasteiger partial charge is 0.396 e. The molecule has 0 aliphatic carbocycles. The van der Waals surface area contributed by atoms with Gasteiger partial charge in [-0.1, -0.05) is 20.3 Å². The molecule has 90 valence electrons. The molecule has 0 heterocycles. The maximum atomic E-state index is 11.8. The highest BCUT2D eigenvalue weighted by atomic mass is 16.3. The van der Waals surface area contributed by atoms with E-state index in [4.69, 9.17) is 10.8 Å². The maximum absolute atomic E-state index is 11.8. The van der Waals surface area contributed by atoms with Crippen molar-refractivity contribution in [3.63, 3.8) is 0 Å². The molecule has 0 radical (unpaired) electrons. The van der Waals surface area contributed by atoms with Gasteiger partial charge in [-0.3, -0.25) is 4.79 Å². The minimum atomic E-state index is -0.794. The van der Waals surface area contributed by atoms with E-state index < -0.39 is 5.54 Å². The van der Waals surface area contributed by atoms with Gasteiger partial charge in [-0.25, -0.2) is 0 Å². The third-order valence-electron chi connectivity index (χ3n) is 2.59. The molecule has 0 saturated carbocycles. The average molecular weight is 216 g/mol. The first kappa shape index (κ1) is 14.4. The van der Waals surface area contributed by atoms with E-state index in [-0.39, 0.29) is 18.6 Å². The molecule has 0 aromatic rings. The summed E-state index contributed by atoms with van der Waals surface area (Å²) in [5.74, 6) is -0.121. The van der Waals surface area contributed by atoms with E-state index in [9.17, 15) is 4.79 Å². The molecule has 0 aliphatic heterocycles. The van der Waals surface area contributed by atoms with Gasteiger partial charge in [0.25, 0.3) is 0 Å². The van der Waals surface area contributed by atoms with Crippen molar-refractivity contribution in [2.45, 2.75) is 58.0 Å². The Balaban J connectivity index is 4.20. The quantitative estimate of drug-likeness (QED) is 0.588. The van der Waals surface area contributed by atoms with E-state index in [1.54, 1.807) is 6.92 Å². The molecule has 0 spiro atoms. The molecule has 4 N–H and O–H groups in total. The average Bonchev–Trinajstić information content (AvgIpc) is 2.16. The molecule has 2 atom stereocenters. The van der Waals surface area contributed by atoms with Crippen LogP contribution in [-0.4, -0.2) is 29.2 Å². The van der Waals surface area contributed by atoms with E-state index in [0.717, 1.165) is 12.8 Å². The lowest BCUT2D eigenvalue weighted by molar-refractivity contribution is -0.126. The Kier molecular flexibility index (Phi) is 6.52. The van der Waals surface area contributed by atoms with Gasteiger partial charge in [-0.2, -0.15) is 0 Å². The first-order chi connectivity index (χ1) is 6.97. The summed E-state index contributed by atoms with van der Waals surface area (Å²) in [6, 6.07) is 0.0298. The van der Waals surface area contributed by atoms with Gasteiger partial charge in [-0.05, 0) is 26.2 Å². The molecule has 0 rings (SSSR count). The molecular weight excluding hydrogens is 192 g/mol. The monoisotopic (exact) mass is 216 g/mol. The number of aliphatic hydroxyl groups is 1. The van der Waals surface area contributed by atoms with Crippen molar-refractivity contribution in [2.24, 2.45) is 5.73 Å². The zero-order chi connectivity index (χ0) is 11.9. The first-order valence-electron chi connectivity index (χ1n) is 5.68. The molecule has 4 nitrogen and oxygen atoms in total. The van der Waals surface area contributed by atoms with Crippen LogP contribution in [0.4, 0.5) is 0 Å². The van der Waals surface area contributed by atoms with Crippen LogP contribution in [0.25, 0.3) is 0 Å². The second-order valence-electron chi connectivity index (χ2n) is 4.26. The third kappa shape index (κ3) is 5.14. The topological polar surface area (TPSA) is 75.4 Å². The fourth-order valence-corrected chi connectivity index (χ4v) is 1.52. The molecule has 0 aromatic heterocycles. The van der Waals surface area contributed by atoms with Crippen LogP contribution in [0.1, 0.15) is 46.5 Å². The Bertz CT molecular complexity index is 193. The van der Waals surface area contributed by atoms with E-state index in [0.29, 0.717) is 12.8 Å². The van der Waals surface area contributed by atoms with Gasteiger partial charge in [0.2, 0.25) is 5.91 Å². The lowest BCUT2D eigenvalue weighted by atomic mass is 9.95. The summed E-state index contributed by atoms with van der Waals surface area (Å²) in [7, 11) is 0. The number of nitrogens with one attached hydrogen (secondary N) is 1. The van der Waals surface area contributed by atoms with E-state index >= 15 is 0 Å². The van der Waals surface area contributed by atoms with Gasteiger partial charge in [0, 0.05) is 12.6 Å². The minimum Gasteiger partial charge on any atom is -0.396 e. The summed E-state index contributed by atoms with van der Waals surface area (Å²) in [5, 5.41) is 11.7. The zero-order valence-electron chi connectivity index (χ0n) is 10.0. The smallest absolute Gasteiger partial charge is 0.240 e. The first-order valence-corrected chi connectivity index (χ1v) is 5.68. The molecule has 0 fully saturated rings. The number of hydrogen-bond acceptors (Lipinski definition) is 3. The standard InChI is InChI=1S/C11H24N2O2/c1-4-7-11(3,12)10(15)13-9(5-2)6-8-14/h9,14H,4-8,12H2,1-3H3,(H,13,15). The van der Waals surface area contributed by atoms with Gasteiger partial charge < -0.3 is 16.2 Å². The number of hydrogen-bond donors (Lipinski definition) is 3. The van der Waals surface area contributed by atoms with Crippen molar-refractivity contribution in [3.05, 3.63) is 0 Å². The van der Waals surface area contributed by atoms with Crippen LogP contribution in [0, 0.1) is 0 Å². The molecule has 2 unspecified atom stereocenters. The molecule has 0 bridgehead atoms. The van der Waals surface area contributed by atoms with Crippen LogP contribution >= 0.6 is 0 Å². The molecule has 0 saturated heterocycles. The number of amides is 1. The van der Waals surface area contributed by atoms with Crippen molar-refractivity contribution in [1.82, 2.24) is 5.32 Å². The van der Waals surface area contributed by atoms with Gasteiger partial charge in [-0.15, -0.1) is 0 Å². The number of carbonyl (C=O) groups excluding carboxylic acids is 1. The van der Waals surface area contributed by atoms with Crippen molar-refractivity contribution >= 4 is 5.91 Å². The molecule has 4 heteroatoms. The Morgan fingerprint density at radius 1 is 1.53 bits per heavy atom. The minimum absolute atomic E-state index is 0.0298. The highest BCUT2D eigenvalue weighted by Crippen LogP contribution is 2.09. The van der Waals surface area contributed by atoms with Crippen LogP contribution in [0.15, 0.2) is 0 Å². The Morgan fingerprint density at radius 2 is 2.13 bits per heavy atom. The van der Waals surface area contributed by atoms with Crippen LogP contribution < -0.4 is 11.1 Å². The Morgan fingerprint density at radius 3 is 2.53 bits per heavy atom. The normalized spacial score (nSPS) is 16.9. The van der Waals surface area contributed by atoms with Crippen molar-refractivity contribution in [1.29, 1.82) is 0 Å². The summed E-state index contributed by atoms with van der Waals surface area (Å²) in [6.45, 7) is 5.82. The third-order valence-corrected chi connectivity index (χ3v) is 2.59. The van der Waals surface area contributed by atoms with E-state index in [1.165, 1.54) is 0 Å². The maximum Gasteiger partial charge on any atom is 0.240 e. The second-order valence-corrected chi connectivity index (χ2v) is 4.26. The van der Waals surface area contributed by atoms with Gasteiger partial charge in [0.1, 0.15) is 0 Å². The highest BCUT2D eigenvalue weighted by Gasteiger charge is 2.28. The van der Waals surface area contributed by atoms with Crippen molar-refractivity contribution in [2.75, 3.05) is 6.61 Å². The SMILES string of the molecule is CCCC(C)(N)C(=O)NC(CC)CCO. The van der Waals surface area contributed by atoms with Crippen molar-refractivity contribution < 1.29 is 9.90 Å². The summed E-state index contributed by atoms with van der Waals surface area (Å²) < 4.78 is 0. The summed E-state index contributed by atoms with van der Waals surface area (Å²) >= 11 is 0. The fourth-order valence-electron chi connectivity index (χ4n) is 1.52. The number of carbonyl (C=O) groups is 1. The van der Waals surface area contributed by atoms with E-state index in [1.807, 2.05) is 13.8 Å². The Hall–Kier alpha value is -0.610. The fraction of sp³-hybridized carbons (Fsp3) is 0.909. The number of aliphatic hydroxyl groups excluding tert-OH is 1. The predicted octanol–water partition coefficient (Wildman–Crippen LogP) is 0.781. The van der Waals surface area contributed by atoms with Crippen LogP contribution in [0.2, 0.25) is 0 Å². The van der Waals surface area contributed by atoms with E-state index in [2.05, 4.69) is 5.32 Å². The predicted molar refractivity (Wildman–Crippen MR) is 61.4 cm³/mol. The lowest BCUT2D eigenvalue weighted by Gasteiger charge is -2.26. The summed E-state index contributed by atoms with van der Waals surface area (Å²) in [4.78, 5) is 11.8. The molecular formula is C11H24N2O2. The summed E-state index contributed by atoms with van der Waals surface area (Å²) in [6.07, 6.45) is 2.96. The molecule has 1 amide bonds. The van der Waals surface area contributed by atoms with Crippen LogP contribution in [-0.2, 0) is 4.79 Å². The second kappa shape index (κ2) is 6.80. The van der Waals surface area contributed by atoms with Gasteiger partial charge in [0.05, 0.1) is 5.54 Å². The zero-order valence-corrected chi connectivity index (χ0v) is 10.0. The lowest BCUT2D eigenvalue weighted by Crippen LogP contribution is -2.54. The van der Waals surface area contributed by atoms with Crippen LogP contribution in [0.3, 0.4) is 0 Å². The number of rotatable bonds is 7. The molecule has 0 aromatic carbocycles. The van der Waals surface area contributed by atoms with Crippen LogP contribution in [0.5, 0.6) is 0 Å².